The van der Waals surface area contributed by atoms with Gasteiger partial charge >= 0.3 is 0 Å². The lowest BCUT2D eigenvalue weighted by atomic mass is 10.2. The highest BCUT2D eigenvalue weighted by Crippen LogP contribution is 2.27. The zero-order valence-electron chi connectivity index (χ0n) is 10.6. The first-order valence-corrected chi connectivity index (χ1v) is 7.07. The third-order valence-corrected chi connectivity index (χ3v) is 3.66. The van der Waals surface area contributed by atoms with E-state index in [4.69, 9.17) is 0 Å². The van der Waals surface area contributed by atoms with Crippen LogP contribution < -0.4 is 5.32 Å². The average Bonchev–Trinajstić information content (AvgIpc) is 2.97. The molecular weight excluding hydrogens is 268 g/mol. The van der Waals surface area contributed by atoms with E-state index >= 15 is 0 Å². The van der Waals surface area contributed by atoms with Crippen molar-refractivity contribution >= 4 is 28.4 Å². The Labute approximate surface area is 120 Å². The van der Waals surface area contributed by atoms with Crippen molar-refractivity contribution in [3.8, 4) is 11.3 Å². The molecule has 4 heteroatoms. The Kier molecular flexibility index (Phi) is 3.56. The quantitative estimate of drug-likeness (QED) is 0.722. The maximum Gasteiger partial charge on any atom is 0.187 e. The van der Waals surface area contributed by atoms with E-state index < -0.39 is 0 Å². The van der Waals surface area contributed by atoms with Gasteiger partial charge in [-0.1, -0.05) is 42.5 Å². The van der Waals surface area contributed by atoms with Crippen molar-refractivity contribution < 1.29 is 4.79 Å². The summed E-state index contributed by atoms with van der Waals surface area (Å²) in [5, 5.41) is 5.97. The van der Waals surface area contributed by atoms with Gasteiger partial charge in [0.25, 0.3) is 0 Å². The summed E-state index contributed by atoms with van der Waals surface area (Å²) in [6.45, 7) is 0. The molecule has 3 nitrogen and oxygen atoms in total. The highest BCUT2D eigenvalue weighted by atomic mass is 32.1. The van der Waals surface area contributed by atoms with Crippen LogP contribution in [-0.4, -0.2) is 11.3 Å². The standard InChI is InChI=1S/C16H12N2OS/c19-10-13-8-4-5-9-14(13)17-16-18-15(11-20-16)12-6-2-1-3-7-12/h1-11H,(H,17,18). The van der Waals surface area contributed by atoms with Crippen molar-refractivity contribution in [3.05, 3.63) is 65.5 Å². The van der Waals surface area contributed by atoms with Crippen molar-refractivity contribution in [2.24, 2.45) is 0 Å². The van der Waals surface area contributed by atoms with Crippen LogP contribution in [0.3, 0.4) is 0 Å². The van der Waals surface area contributed by atoms with Crippen LogP contribution >= 0.6 is 11.3 Å². The molecular formula is C16H12N2OS. The second kappa shape index (κ2) is 5.67. The smallest absolute Gasteiger partial charge is 0.187 e. The second-order valence-electron chi connectivity index (χ2n) is 4.23. The number of aldehydes is 1. The Morgan fingerprint density at radius 1 is 1.00 bits per heavy atom. The highest BCUT2D eigenvalue weighted by Gasteiger charge is 2.06. The predicted octanol–water partition coefficient (Wildman–Crippen LogP) is 4.37. The van der Waals surface area contributed by atoms with Gasteiger partial charge in [-0.25, -0.2) is 4.98 Å². The molecule has 0 aliphatic heterocycles. The summed E-state index contributed by atoms with van der Waals surface area (Å²) in [7, 11) is 0. The molecule has 1 N–H and O–H groups in total. The molecule has 0 unspecified atom stereocenters. The number of nitrogens with one attached hydrogen (secondary N) is 1. The third kappa shape index (κ3) is 2.60. The number of anilines is 2. The molecule has 0 bridgehead atoms. The first-order chi connectivity index (χ1) is 9.86. The van der Waals surface area contributed by atoms with E-state index in [1.165, 1.54) is 11.3 Å². The molecule has 20 heavy (non-hydrogen) atoms. The number of hydrogen-bond acceptors (Lipinski definition) is 4. The van der Waals surface area contributed by atoms with Crippen molar-refractivity contribution in [1.29, 1.82) is 0 Å². The summed E-state index contributed by atoms with van der Waals surface area (Å²) in [6.07, 6.45) is 0.841. The zero-order valence-corrected chi connectivity index (χ0v) is 11.4. The van der Waals surface area contributed by atoms with Crippen LogP contribution in [0, 0.1) is 0 Å². The molecule has 2 aromatic carbocycles. The van der Waals surface area contributed by atoms with Gasteiger partial charge in [-0.2, -0.15) is 0 Å². The SMILES string of the molecule is O=Cc1ccccc1Nc1nc(-c2ccccc2)cs1. The maximum absolute atomic E-state index is 11.0. The van der Waals surface area contributed by atoms with Crippen LogP contribution in [0.15, 0.2) is 60.0 Å². The molecule has 0 spiro atoms. The van der Waals surface area contributed by atoms with E-state index in [2.05, 4.69) is 10.3 Å². The molecule has 0 aliphatic rings. The molecule has 0 amide bonds. The van der Waals surface area contributed by atoms with Crippen LogP contribution in [0.2, 0.25) is 0 Å². The molecule has 0 saturated heterocycles. The minimum Gasteiger partial charge on any atom is -0.331 e. The fourth-order valence-corrected chi connectivity index (χ4v) is 2.63. The summed E-state index contributed by atoms with van der Waals surface area (Å²) < 4.78 is 0. The number of thiazole rings is 1. The van der Waals surface area contributed by atoms with E-state index in [-0.39, 0.29) is 0 Å². The van der Waals surface area contributed by atoms with Gasteiger partial charge in [0.15, 0.2) is 11.4 Å². The van der Waals surface area contributed by atoms with E-state index in [0.717, 1.165) is 28.4 Å². The largest absolute Gasteiger partial charge is 0.331 e. The van der Waals surface area contributed by atoms with Gasteiger partial charge in [-0.15, -0.1) is 11.3 Å². The van der Waals surface area contributed by atoms with Crippen molar-refractivity contribution in [2.45, 2.75) is 0 Å². The van der Waals surface area contributed by atoms with Crippen LogP contribution in [-0.2, 0) is 0 Å². The lowest BCUT2D eigenvalue weighted by Crippen LogP contribution is -1.94. The number of hydrogen-bond donors (Lipinski definition) is 1. The predicted molar refractivity (Wildman–Crippen MR) is 82.7 cm³/mol. The van der Waals surface area contributed by atoms with Gasteiger partial charge in [0, 0.05) is 16.5 Å². The van der Waals surface area contributed by atoms with Gasteiger partial charge in [0.05, 0.1) is 11.4 Å². The molecule has 0 aliphatic carbocycles. The molecule has 0 atom stereocenters. The van der Waals surface area contributed by atoms with E-state index in [1.807, 2.05) is 53.9 Å². The molecule has 1 aromatic heterocycles. The summed E-state index contributed by atoms with van der Waals surface area (Å²) >= 11 is 1.52. The number of para-hydroxylation sites is 1. The number of aromatic nitrogens is 1. The van der Waals surface area contributed by atoms with Gasteiger partial charge in [0.1, 0.15) is 0 Å². The molecule has 1 heterocycles. The molecule has 3 aromatic rings. The Morgan fingerprint density at radius 2 is 1.75 bits per heavy atom. The van der Waals surface area contributed by atoms with E-state index in [9.17, 15) is 4.79 Å². The fraction of sp³-hybridized carbons (Fsp3) is 0. The van der Waals surface area contributed by atoms with E-state index in [1.54, 1.807) is 6.07 Å². The average molecular weight is 280 g/mol. The number of rotatable bonds is 4. The molecule has 98 valence electrons. The van der Waals surface area contributed by atoms with Crippen LogP contribution in [0.1, 0.15) is 10.4 Å². The lowest BCUT2D eigenvalue weighted by molar-refractivity contribution is 0.112. The lowest BCUT2D eigenvalue weighted by Gasteiger charge is -2.04. The van der Waals surface area contributed by atoms with Crippen molar-refractivity contribution in [2.75, 3.05) is 5.32 Å². The van der Waals surface area contributed by atoms with Crippen molar-refractivity contribution in [3.63, 3.8) is 0 Å². The first-order valence-electron chi connectivity index (χ1n) is 6.19. The molecule has 0 radical (unpaired) electrons. The third-order valence-electron chi connectivity index (χ3n) is 2.90. The number of benzene rings is 2. The normalized spacial score (nSPS) is 10.2. The zero-order chi connectivity index (χ0) is 13.8. The Balaban J connectivity index is 1.86. The fourth-order valence-electron chi connectivity index (χ4n) is 1.90. The summed E-state index contributed by atoms with van der Waals surface area (Å²) in [6, 6.07) is 17.4. The summed E-state index contributed by atoms with van der Waals surface area (Å²) in [5.41, 5.74) is 3.42. The Bertz CT molecular complexity index is 722. The molecule has 0 fully saturated rings. The summed E-state index contributed by atoms with van der Waals surface area (Å²) in [4.78, 5) is 15.5. The second-order valence-corrected chi connectivity index (χ2v) is 5.09. The van der Waals surface area contributed by atoms with Gasteiger partial charge in [-0.3, -0.25) is 4.79 Å². The minimum atomic E-state index is 0.629. The van der Waals surface area contributed by atoms with E-state index in [0.29, 0.717) is 5.56 Å². The minimum absolute atomic E-state index is 0.629. The van der Waals surface area contributed by atoms with Crippen LogP contribution in [0.5, 0.6) is 0 Å². The van der Waals surface area contributed by atoms with Crippen molar-refractivity contribution in [1.82, 2.24) is 4.98 Å². The Morgan fingerprint density at radius 3 is 2.55 bits per heavy atom. The highest BCUT2D eigenvalue weighted by molar-refractivity contribution is 7.14. The molecule has 3 rings (SSSR count). The Hall–Kier alpha value is -2.46. The summed E-state index contributed by atoms with van der Waals surface area (Å²) in [5.74, 6) is 0. The topological polar surface area (TPSA) is 42.0 Å². The monoisotopic (exact) mass is 280 g/mol. The number of carbonyl (C=O) groups excluding carboxylic acids is 1. The van der Waals surface area contributed by atoms with Gasteiger partial charge in [0.2, 0.25) is 0 Å². The number of nitrogens with zero attached hydrogens (tertiary/aromatic N) is 1. The number of carbonyl (C=O) groups is 1. The van der Waals surface area contributed by atoms with Gasteiger partial charge < -0.3 is 5.32 Å². The maximum atomic E-state index is 11.0. The molecule has 0 saturated carbocycles. The van der Waals surface area contributed by atoms with Crippen LogP contribution in [0.4, 0.5) is 10.8 Å². The van der Waals surface area contributed by atoms with Crippen LogP contribution in [0.25, 0.3) is 11.3 Å². The van der Waals surface area contributed by atoms with Gasteiger partial charge in [-0.05, 0) is 12.1 Å². The first kappa shape index (κ1) is 12.6.